The molecule has 0 aliphatic heterocycles. The fourth-order valence-electron chi connectivity index (χ4n) is 10.3. The molecule has 0 radical (unpaired) electrons. The van der Waals surface area contributed by atoms with E-state index in [0.29, 0.717) is 25.7 Å². The summed E-state index contributed by atoms with van der Waals surface area (Å²) in [6, 6.07) is 0. The van der Waals surface area contributed by atoms with E-state index in [-0.39, 0.29) is 25.7 Å². The van der Waals surface area contributed by atoms with Gasteiger partial charge in [0.1, 0.15) is 19.3 Å². The van der Waals surface area contributed by atoms with Gasteiger partial charge in [-0.15, -0.1) is 0 Å². The minimum atomic E-state index is -4.95. The molecule has 0 aliphatic carbocycles. The summed E-state index contributed by atoms with van der Waals surface area (Å²) in [4.78, 5) is 72.5. The molecule has 88 heavy (non-hydrogen) atoms. The van der Waals surface area contributed by atoms with Crippen LogP contribution in [-0.2, 0) is 65.4 Å². The zero-order valence-electron chi connectivity index (χ0n) is 57.3. The Kier molecular flexibility index (Phi) is 57.6. The Morgan fingerprint density at radius 2 is 0.477 bits per heavy atom. The van der Waals surface area contributed by atoms with Gasteiger partial charge < -0.3 is 33.8 Å². The summed E-state index contributed by atoms with van der Waals surface area (Å²) >= 11 is 0. The maximum atomic E-state index is 13.0. The third-order valence-electron chi connectivity index (χ3n) is 15.8. The molecule has 17 nitrogen and oxygen atoms in total. The highest BCUT2D eigenvalue weighted by molar-refractivity contribution is 7.47. The first-order chi connectivity index (χ1) is 42.1. The van der Waals surface area contributed by atoms with Crippen LogP contribution in [0.1, 0.15) is 338 Å². The predicted molar refractivity (Wildman–Crippen MR) is 354 cm³/mol. The first-order valence-corrected chi connectivity index (χ1v) is 38.7. The van der Waals surface area contributed by atoms with Crippen molar-refractivity contribution >= 4 is 39.5 Å². The molecule has 0 amide bonds. The molecule has 0 aromatic rings. The van der Waals surface area contributed by atoms with Gasteiger partial charge in [-0.2, -0.15) is 0 Å². The van der Waals surface area contributed by atoms with E-state index in [4.69, 9.17) is 37.0 Å². The Bertz CT molecular complexity index is 1750. The van der Waals surface area contributed by atoms with Crippen LogP contribution < -0.4 is 0 Å². The maximum absolute atomic E-state index is 13.0. The van der Waals surface area contributed by atoms with Gasteiger partial charge in [-0.3, -0.25) is 37.3 Å². The zero-order chi connectivity index (χ0) is 65.4. The molecule has 0 aliphatic rings. The van der Waals surface area contributed by atoms with Crippen molar-refractivity contribution in [2.75, 3.05) is 39.6 Å². The highest BCUT2D eigenvalue weighted by Crippen LogP contribution is 2.45. The summed E-state index contributed by atoms with van der Waals surface area (Å²) in [5.41, 5.74) is 0. The lowest BCUT2D eigenvalue weighted by atomic mass is 10.0. The zero-order valence-corrected chi connectivity index (χ0v) is 59.1. The Balaban J connectivity index is 5.26. The van der Waals surface area contributed by atoms with Crippen molar-refractivity contribution in [2.24, 2.45) is 23.7 Å². The summed E-state index contributed by atoms with van der Waals surface area (Å²) in [5.74, 6) is 0.815. The summed E-state index contributed by atoms with van der Waals surface area (Å²) in [5, 5.41) is 10.6. The van der Waals surface area contributed by atoms with Gasteiger partial charge in [0.2, 0.25) is 0 Å². The SMILES string of the molecule is CC(C)CCCCCCCCCCCCCCC(=O)O[C@H](COC(=O)CCCCCCCCCCC(C)C)COP(=O)(O)OCC(O)COP(=O)(O)OC[C@@H](COC(=O)CCCCCCCCCCC(C)C)OC(=O)CCCCCCCCCCC(C)C. The monoisotopic (exact) mass is 1300 g/mol. The predicted octanol–water partition coefficient (Wildman–Crippen LogP) is 19.3. The van der Waals surface area contributed by atoms with E-state index >= 15 is 0 Å². The molecule has 522 valence electrons. The molecule has 3 unspecified atom stereocenters. The fraction of sp³-hybridized carbons (Fsp3) is 0.942. The number of hydrogen-bond donors (Lipinski definition) is 3. The minimum absolute atomic E-state index is 0.103. The molecule has 5 atom stereocenters. The van der Waals surface area contributed by atoms with E-state index in [0.717, 1.165) is 114 Å². The second-order valence-electron chi connectivity index (χ2n) is 26.8. The van der Waals surface area contributed by atoms with Crippen LogP contribution in [0.15, 0.2) is 0 Å². The van der Waals surface area contributed by atoms with E-state index in [1.807, 2.05) is 0 Å². The van der Waals surface area contributed by atoms with Crippen molar-refractivity contribution in [3.63, 3.8) is 0 Å². The largest absolute Gasteiger partial charge is 0.472 e. The van der Waals surface area contributed by atoms with Gasteiger partial charge in [-0.25, -0.2) is 9.13 Å². The number of aliphatic hydroxyl groups is 1. The molecule has 0 spiro atoms. The number of ether oxygens (including phenoxy) is 4. The lowest BCUT2D eigenvalue weighted by Crippen LogP contribution is -2.30. The number of carbonyl (C=O) groups excluding carboxylic acids is 4. The van der Waals surface area contributed by atoms with Gasteiger partial charge in [-0.05, 0) is 49.4 Å². The van der Waals surface area contributed by atoms with Gasteiger partial charge in [0.15, 0.2) is 12.2 Å². The number of hydrogen-bond acceptors (Lipinski definition) is 15. The molecular formula is C69H134O17P2. The van der Waals surface area contributed by atoms with Crippen molar-refractivity contribution in [3.8, 4) is 0 Å². The molecule has 0 fully saturated rings. The van der Waals surface area contributed by atoms with Gasteiger partial charge in [0.25, 0.3) is 0 Å². The smallest absolute Gasteiger partial charge is 0.462 e. The van der Waals surface area contributed by atoms with E-state index in [1.165, 1.54) is 141 Å². The van der Waals surface area contributed by atoms with Crippen LogP contribution in [0.5, 0.6) is 0 Å². The van der Waals surface area contributed by atoms with Crippen molar-refractivity contribution in [2.45, 2.75) is 356 Å². The lowest BCUT2D eigenvalue weighted by Gasteiger charge is -2.21. The lowest BCUT2D eigenvalue weighted by molar-refractivity contribution is -0.161. The van der Waals surface area contributed by atoms with E-state index in [2.05, 4.69) is 55.4 Å². The van der Waals surface area contributed by atoms with Gasteiger partial charge in [-0.1, -0.05) is 287 Å². The third-order valence-corrected chi connectivity index (χ3v) is 17.7. The molecule has 0 saturated heterocycles. The summed E-state index contributed by atoms with van der Waals surface area (Å²) in [6.07, 6.45) is 40.4. The second kappa shape index (κ2) is 58.8. The molecule has 0 aromatic carbocycles. The normalized spacial score (nSPS) is 14.3. The second-order valence-corrected chi connectivity index (χ2v) is 29.7. The maximum Gasteiger partial charge on any atom is 0.472 e. The van der Waals surface area contributed by atoms with Crippen LogP contribution in [0.3, 0.4) is 0 Å². The van der Waals surface area contributed by atoms with Crippen molar-refractivity contribution < 1.29 is 80.2 Å². The van der Waals surface area contributed by atoms with E-state index in [9.17, 15) is 43.2 Å². The first kappa shape index (κ1) is 86.1. The molecule has 19 heteroatoms. The van der Waals surface area contributed by atoms with Gasteiger partial charge in [0.05, 0.1) is 26.4 Å². The van der Waals surface area contributed by atoms with E-state index in [1.54, 1.807) is 0 Å². The van der Waals surface area contributed by atoms with Crippen LogP contribution in [0.2, 0.25) is 0 Å². The number of carbonyl (C=O) groups is 4. The van der Waals surface area contributed by atoms with E-state index < -0.39 is 97.5 Å². The summed E-state index contributed by atoms with van der Waals surface area (Å²) < 4.78 is 68.2. The van der Waals surface area contributed by atoms with Crippen LogP contribution in [0.4, 0.5) is 0 Å². The number of aliphatic hydroxyl groups excluding tert-OH is 1. The quantitative estimate of drug-likeness (QED) is 0.0222. The highest BCUT2D eigenvalue weighted by atomic mass is 31.2. The summed E-state index contributed by atoms with van der Waals surface area (Å²) in [6.45, 7) is 14.0. The van der Waals surface area contributed by atoms with Gasteiger partial charge in [0, 0.05) is 25.7 Å². The molecule has 3 N–H and O–H groups in total. The average Bonchev–Trinajstić information content (AvgIpc) is 3.54. The number of rotatable bonds is 66. The molecule has 0 bridgehead atoms. The van der Waals surface area contributed by atoms with Crippen LogP contribution in [-0.4, -0.2) is 96.7 Å². The highest BCUT2D eigenvalue weighted by Gasteiger charge is 2.30. The number of phosphoric acid groups is 2. The average molecular weight is 1300 g/mol. The van der Waals surface area contributed by atoms with Crippen molar-refractivity contribution in [1.82, 2.24) is 0 Å². The Morgan fingerprint density at radius 3 is 0.705 bits per heavy atom. The number of unbranched alkanes of at least 4 members (excludes halogenated alkanes) is 32. The molecule has 0 saturated carbocycles. The third kappa shape index (κ3) is 62.8. The topological polar surface area (TPSA) is 237 Å². The molecule has 0 aromatic heterocycles. The van der Waals surface area contributed by atoms with Crippen LogP contribution >= 0.6 is 15.6 Å². The Labute approximate surface area is 537 Å². The summed E-state index contributed by atoms with van der Waals surface area (Å²) in [7, 11) is -9.90. The molecule has 0 heterocycles. The van der Waals surface area contributed by atoms with Crippen LogP contribution in [0.25, 0.3) is 0 Å². The fourth-order valence-corrected chi connectivity index (χ4v) is 11.9. The standard InChI is InChI=1S/C69H134O17P2/c1-59(2)45-37-29-21-13-11-9-10-12-14-27-35-43-51-68(73)85-64(55-79-66(71)49-41-33-25-18-15-22-30-38-46-60(3)4)57-83-87(75,76)81-53-63(70)54-82-88(77,78)84-58-65(86-69(74)52-44-36-28-20-17-24-32-40-48-62(7)8)56-80-67(72)50-42-34-26-19-16-23-31-39-47-61(5)6/h59-65,70H,9-58H2,1-8H3,(H,75,76)(H,77,78)/t63?,64-,65-/m1/s1. The number of esters is 4. The number of phosphoric ester groups is 2. The molecule has 0 rings (SSSR count). The van der Waals surface area contributed by atoms with Crippen molar-refractivity contribution in [3.05, 3.63) is 0 Å². The molecular weight excluding hydrogens is 1160 g/mol. The Hall–Kier alpha value is -1.94. The van der Waals surface area contributed by atoms with Crippen LogP contribution in [0, 0.1) is 23.7 Å². The van der Waals surface area contributed by atoms with Gasteiger partial charge >= 0.3 is 39.5 Å². The Morgan fingerprint density at radius 1 is 0.284 bits per heavy atom. The minimum Gasteiger partial charge on any atom is -0.462 e. The first-order valence-electron chi connectivity index (χ1n) is 35.7. The van der Waals surface area contributed by atoms with Crippen molar-refractivity contribution in [1.29, 1.82) is 0 Å².